The Bertz CT molecular complexity index is 493. The van der Waals surface area contributed by atoms with Gasteiger partial charge < -0.3 is 9.72 Å². The Labute approximate surface area is 88.4 Å². The number of hydrogen-bond donors (Lipinski definition) is 1. The molecule has 0 aliphatic carbocycles. The number of rotatable bonds is 1. The molecule has 4 nitrogen and oxygen atoms in total. The molecule has 2 aromatic rings. The van der Waals surface area contributed by atoms with Gasteiger partial charge in [0.15, 0.2) is 0 Å². The minimum atomic E-state index is -0.363. The second-order valence-corrected chi connectivity index (χ2v) is 3.56. The second-order valence-electron chi connectivity index (χ2n) is 2.71. The lowest BCUT2D eigenvalue weighted by Crippen LogP contribution is -2.01. The largest absolute Gasteiger partial charge is 0.465 e. The Morgan fingerprint density at radius 2 is 2.43 bits per heavy atom. The fourth-order valence-corrected chi connectivity index (χ4v) is 1.81. The molecule has 0 unspecified atom stereocenters. The number of hydrogen-bond acceptors (Lipinski definition) is 3. The average molecular weight is 255 g/mol. The third kappa shape index (κ3) is 1.29. The van der Waals surface area contributed by atoms with Crippen molar-refractivity contribution in [2.75, 3.05) is 7.11 Å². The van der Waals surface area contributed by atoms with Crippen molar-refractivity contribution in [3.05, 3.63) is 28.5 Å². The summed E-state index contributed by atoms with van der Waals surface area (Å²) < 4.78 is 5.47. The third-order valence-electron chi connectivity index (χ3n) is 1.93. The van der Waals surface area contributed by atoms with Crippen molar-refractivity contribution in [1.29, 1.82) is 0 Å². The number of pyridine rings is 1. The molecule has 0 fully saturated rings. The van der Waals surface area contributed by atoms with Gasteiger partial charge in [-0.2, -0.15) is 0 Å². The maximum Gasteiger partial charge on any atom is 0.338 e. The first-order chi connectivity index (χ1) is 6.74. The number of H-pyrrole nitrogens is 1. The van der Waals surface area contributed by atoms with E-state index < -0.39 is 0 Å². The van der Waals surface area contributed by atoms with Crippen LogP contribution in [-0.2, 0) is 4.74 Å². The van der Waals surface area contributed by atoms with Gasteiger partial charge in [-0.3, -0.25) is 0 Å². The van der Waals surface area contributed by atoms with E-state index in [1.807, 2.05) is 0 Å². The maximum absolute atomic E-state index is 11.4. The minimum absolute atomic E-state index is 0.363. The quantitative estimate of drug-likeness (QED) is 0.794. The van der Waals surface area contributed by atoms with Crippen LogP contribution in [0.3, 0.4) is 0 Å². The number of aromatic amines is 1. The summed E-state index contributed by atoms with van der Waals surface area (Å²) in [5.74, 6) is -0.363. The normalized spacial score (nSPS) is 10.4. The molecule has 72 valence electrons. The molecule has 2 heterocycles. The minimum Gasteiger partial charge on any atom is -0.465 e. The number of fused-ring (bicyclic) bond motifs is 1. The summed E-state index contributed by atoms with van der Waals surface area (Å²) in [7, 11) is 1.36. The number of esters is 1. The van der Waals surface area contributed by atoms with E-state index in [2.05, 4.69) is 30.6 Å². The number of methoxy groups -OCH3 is 1. The third-order valence-corrected chi connectivity index (χ3v) is 2.56. The zero-order chi connectivity index (χ0) is 10.1. The van der Waals surface area contributed by atoms with Gasteiger partial charge in [-0.05, 0) is 22.0 Å². The molecule has 0 bridgehead atoms. The van der Waals surface area contributed by atoms with Crippen LogP contribution in [0.4, 0.5) is 0 Å². The SMILES string of the molecule is COC(=O)c1ccnc2[nH]cc(Br)c12. The van der Waals surface area contributed by atoms with E-state index in [0.29, 0.717) is 11.2 Å². The second kappa shape index (κ2) is 3.42. The van der Waals surface area contributed by atoms with Crippen molar-refractivity contribution in [2.45, 2.75) is 0 Å². The molecule has 0 atom stereocenters. The lowest BCUT2D eigenvalue weighted by Gasteiger charge is -2.00. The van der Waals surface area contributed by atoms with Crippen LogP contribution in [0, 0.1) is 0 Å². The van der Waals surface area contributed by atoms with E-state index in [1.165, 1.54) is 7.11 Å². The van der Waals surface area contributed by atoms with Crippen LogP contribution < -0.4 is 0 Å². The standard InChI is InChI=1S/C9H7BrN2O2/c1-14-9(13)5-2-3-11-8-7(5)6(10)4-12-8/h2-4H,1H3,(H,11,12). The van der Waals surface area contributed by atoms with Crippen LogP contribution >= 0.6 is 15.9 Å². The Hall–Kier alpha value is -1.36. The van der Waals surface area contributed by atoms with E-state index in [9.17, 15) is 4.79 Å². The Kier molecular flexibility index (Phi) is 2.25. The molecule has 0 spiro atoms. The molecule has 0 aromatic carbocycles. The number of halogens is 1. The van der Waals surface area contributed by atoms with Crippen molar-refractivity contribution >= 4 is 32.9 Å². The monoisotopic (exact) mass is 254 g/mol. The van der Waals surface area contributed by atoms with Crippen LogP contribution in [0.5, 0.6) is 0 Å². The molecule has 14 heavy (non-hydrogen) atoms. The number of carbonyl (C=O) groups excluding carboxylic acids is 1. The average Bonchev–Trinajstić information content (AvgIpc) is 2.59. The van der Waals surface area contributed by atoms with E-state index in [4.69, 9.17) is 0 Å². The van der Waals surface area contributed by atoms with Crippen molar-refractivity contribution in [1.82, 2.24) is 9.97 Å². The highest BCUT2D eigenvalue weighted by molar-refractivity contribution is 9.10. The zero-order valence-electron chi connectivity index (χ0n) is 7.37. The summed E-state index contributed by atoms with van der Waals surface area (Å²) in [6.45, 7) is 0. The van der Waals surface area contributed by atoms with E-state index in [1.54, 1.807) is 18.5 Å². The lowest BCUT2D eigenvalue weighted by molar-refractivity contribution is 0.0603. The summed E-state index contributed by atoms with van der Waals surface area (Å²) in [5.41, 5.74) is 1.17. The van der Waals surface area contributed by atoms with Crippen molar-refractivity contribution in [3.63, 3.8) is 0 Å². The maximum atomic E-state index is 11.4. The number of nitrogens with zero attached hydrogens (tertiary/aromatic N) is 1. The van der Waals surface area contributed by atoms with Crippen LogP contribution in [0.15, 0.2) is 22.9 Å². The molecule has 0 radical (unpaired) electrons. The predicted octanol–water partition coefficient (Wildman–Crippen LogP) is 2.11. The van der Waals surface area contributed by atoms with Crippen LogP contribution in [0.2, 0.25) is 0 Å². The molecule has 0 amide bonds. The molecule has 0 aliphatic rings. The van der Waals surface area contributed by atoms with Gasteiger partial charge in [-0.1, -0.05) is 0 Å². The molecule has 1 N–H and O–H groups in total. The molecule has 2 aromatic heterocycles. The van der Waals surface area contributed by atoms with Crippen molar-refractivity contribution < 1.29 is 9.53 Å². The molecule has 0 saturated heterocycles. The predicted molar refractivity (Wildman–Crippen MR) is 55.1 cm³/mol. The number of ether oxygens (including phenoxy) is 1. The Balaban J connectivity index is 2.75. The van der Waals surface area contributed by atoms with Gasteiger partial charge in [-0.15, -0.1) is 0 Å². The lowest BCUT2D eigenvalue weighted by atomic mass is 10.2. The Morgan fingerprint density at radius 1 is 1.64 bits per heavy atom. The van der Waals surface area contributed by atoms with E-state index >= 15 is 0 Å². The van der Waals surface area contributed by atoms with Gasteiger partial charge in [0.2, 0.25) is 0 Å². The topological polar surface area (TPSA) is 55.0 Å². The van der Waals surface area contributed by atoms with Gasteiger partial charge in [0, 0.05) is 22.3 Å². The molecule has 5 heteroatoms. The molecule has 0 aliphatic heterocycles. The first-order valence-corrected chi connectivity index (χ1v) is 4.73. The fraction of sp³-hybridized carbons (Fsp3) is 0.111. The summed E-state index contributed by atoms with van der Waals surface area (Å²) >= 11 is 3.34. The van der Waals surface area contributed by atoms with Crippen LogP contribution in [0.1, 0.15) is 10.4 Å². The van der Waals surface area contributed by atoms with Crippen molar-refractivity contribution in [3.8, 4) is 0 Å². The fourth-order valence-electron chi connectivity index (χ4n) is 1.30. The summed E-state index contributed by atoms with van der Waals surface area (Å²) in [5, 5.41) is 0.749. The molecule has 2 rings (SSSR count). The molecular weight excluding hydrogens is 248 g/mol. The summed E-state index contributed by atoms with van der Waals surface area (Å²) in [6.07, 6.45) is 3.31. The number of nitrogens with one attached hydrogen (secondary N) is 1. The summed E-state index contributed by atoms with van der Waals surface area (Å²) in [6, 6.07) is 1.63. The zero-order valence-corrected chi connectivity index (χ0v) is 8.96. The van der Waals surface area contributed by atoms with Gasteiger partial charge in [0.1, 0.15) is 5.65 Å². The number of carbonyl (C=O) groups is 1. The van der Waals surface area contributed by atoms with Crippen LogP contribution in [-0.4, -0.2) is 23.0 Å². The smallest absolute Gasteiger partial charge is 0.338 e. The van der Waals surface area contributed by atoms with E-state index in [0.717, 1.165) is 9.86 Å². The Morgan fingerprint density at radius 3 is 3.14 bits per heavy atom. The van der Waals surface area contributed by atoms with E-state index in [-0.39, 0.29) is 5.97 Å². The highest BCUT2D eigenvalue weighted by Gasteiger charge is 2.13. The van der Waals surface area contributed by atoms with Gasteiger partial charge in [0.25, 0.3) is 0 Å². The van der Waals surface area contributed by atoms with Gasteiger partial charge in [0.05, 0.1) is 12.7 Å². The summed E-state index contributed by atoms with van der Waals surface area (Å²) in [4.78, 5) is 18.4. The van der Waals surface area contributed by atoms with Crippen LogP contribution in [0.25, 0.3) is 11.0 Å². The first-order valence-electron chi connectivity index (χ1n) is 3.94. The first kappa shape index (κ1) is 9.21. The molecular formula is C9H7BrN2O2. The van der Waals surface area contributed by atoms with Gasteiger partial charge >= 0.3 is 5.97 Å². The number of aromatic nitrogens is 2. The highest BCUT2D eigenvalue weighted by atomic mass is 79.9. The van der Waals surface area contributed by atoms with Crippen molar-refractivity contribution in [2.24, 2.45) is 0 Å². The highest BCUT2D eigenvalue weighted by Crippen LogP contribution is 2.25. The molecule has 0 saturated carbocycles. The van der Waals surface area contributed by atoms with Gasteiger partial charge in [-0.25, -0.2) is 9.78 Å².